The van der Waals surface area contributed by atoms with Crippen LogP contribution in [0, 0.1) is 0 Å². The molecule has 29 heavy (non-hydrogen) atoms. The average molecular weight is 400 g/mol. The summed E-state index contributed by atoms with van der Waals surface area (Å²) in [7, 11) is 1.64. The molecule has 0 bridgehead atoms. The van der Waals surface area contributed by atoms with Crippen molar-refractivity contribution in [3.63, 3.8) is 0 Å². The molecule has 0 fully saturated rings. The highest BCUT2D eigenvalue weighted by Gasteiger charge is 2.22. The second-order valence-corrected chi connectivity index (χ2v) is 7.51. The van der Waals surface area contributed by atoms with Crippen molar-refractivity contribution in [2.24, 2.45) is 0 Å². The first-order valence-corrected chi connectivity index (χ1v) is 9.96. The van der Waals surface area contributed by atoms with Gasteiger partial charge in [-0.05, 0) is 36.1 Å². The first-order valence-electron chi connectivity index (χ1n) is 9.96. The van der Waals surface area contributed by atoms with E-state index in [1.54, 1.807) is 7.11 Å². The third-order valence-corrected chi connectivity index (χ3v) is 5.04. The van der Waals surface area contributed by atoms with E-state index in [0.717, 1.165) is 42.9 Å². The molecule has 3 rings (SSSR count). The third kappa shape index (κ3) is 5.70. The molecule has 2 aromatic rings. The van der Waals surface area contributed by atoms with Crippen LogP contribution < -0.4 is 14.8 Å². The van der Waals surface area contributed by atoms with E-state index in [4.69, 9.17) is 9.47 Å². The highest BCUT2D eigenvalue weighted by Crippen LogP contribution is 2.37. The number of alkyl halides is 1. The lowest BCUT2D eigenvalue weighted by Crippen LogP contribution is -2.30. The van der Waals surface area contributed by atoms with Crippen LogP contribution in [0.3, 0.4) is 0 Å². The van der Waals surface area contributed by atoms with Gasteiger partial charge in [0.05, 0.1) is 7.11 Å². The topological polar surface area (TPSA) is 50.8 Å². The SMILES string of the molecule is COc1c(OCC(C)F)ccc2c1CCN(Cc1ccc(CNC(C)=O)cc1)C2. The fourth-order valence-electron chi connectivity index (χ4n) is 3.58. The normalized spacial score (nSPS) is 14.8. The van der Waals surface area contributed by atoms with Gasteiger partial charge >= 0.3 is 0 Å². The van der Waals surface area contributed by atoms with E-state index < -0.39 is 6.17 Å². The Labute approximate surface area is 171 Å². The maximum absolute atomic E-state index is 13.1. The molecule has 1 aliphatic rings. The standard InChI is InChI=1S/C23H29FN2O3/c1-16(24)15-29-22-9-8-20-14-26(11-10-21(20)23(22)28-3)13-19-6-4-18(5-7-19)12-25-17(2)27/h4-9,16H,10-15H2,1-3H3,(H,25,27). The summed E-state index contributed by atoms with van der Waals surface area (Å²) in [6.45, 7) is 6.19. The molecule has 2 aromatic carbocycles. The molecule has 1 atom stereocenters. The van der Waals surface area contributed by atoms with Crippen LogP contribution >= 0.6 is 0 Å². The largest absolute Gasteiger partial charge is 0.493 e. The molecule has 1 unspecified atom stereocenters. The highest BCUT2D eigenvalue weighted by atomic mass is 19.1. The van der Waals surface area contributed by atoms with Crippen molar-refractivity contribution >= 4 is 5.91 Å². The molecule has 0 spiro atoms. The smallest absolute Gasteiger partial charge is 0.217 e. The Kier molecular flexibility index (Phi) is 7.09. The number of amides is 1. The number of carbonyl (C=O) groups is 1. The van der Waals surface area contributed by atoms with Gasteiger partial charge in [-0.2, -0.15) is 0 Å². The van der Waals surface area contributed by atoms with Crippen molar-refractivity contribution in [3.8, 4) is 11.5 Å². The predicted octanol–water partition coefficient (Wildman–Crippen LogP) is 3.63. The molecule has 0 aliphatic carbocycles. The highest BCUT2D eigenvalue weighted by molar-refractivity contribution is 5.72. The van der Waals surface area contributed by atoms with Gasteiger partial charge in [-0.15, -0.1) is 0 Å². The van der Waals surface area contributed by atoms with E-state index in [2.05, 4.69) is 40.5 Å². The van der Waals surface area contributed by atoms with Crippen molar-refractivity contribution in [1.29, 1.82) is 0 Å². The summed E-state index contributed by atoms with van der Waals surface area (Å²) in [5, 5.41) is 2.81. The number of rotatable bonds is 8. The number of nitrogens with one attached hydrogen (secondary N) is 1. The monoisotopic (exact) mass is 400 g/mol. The number of ether oxygens (including phenoxy) is 2. The molecule has 1 amide bonds. The van der Waals surface area contributed by atoms with Gasteiger partial charge in [0, 0.05) is 38.7 Å². The maximum Gasteiger partial charge on any atom is 0.217 e. The van der Waals surface area contributed by atoms with E-state index in [1.807, 2.05) is 6.07 Å². The summed E-state index contributed by atoms with van der Waals surface area (Å²) in [5.41, 5.74) is 4.70. The summed E-state index contributed by atoms with van der Waals surface area (Å²) in [6.07, 6.45) is -0.155. The Hall–Kier alpha value is -2.60. The van der Waals surface area contributed by atoms with Crippen molar-refractivity contribution < 1.29 is 18.7 Å². The Bertz CT molecular complexity index is 837. The minimum Gasteiger partial charge on any atom is -0.493 e. The van der Waals surface area contributed by atoms with E-state index in [1.165, 1.54) is 25.0 Å². The molecule has 0 saturated carbocycles. The number of hydrogen-bond donors (Lipinski definition) is 1. The zero-order valence-corrected chi connectivity index (χ0v) is 17.3. The van der Waals surface area contributed by atoms with Gasteiger partial charge in [0.25, 0.3) is 0 Å². The number of nitrogens with zero attached hydrogens (tertiary/aromatic N) is 1. The molecule has 5 nitrogen and oxygen atoms in total. The van der Waals surface area contributed by atoms with Gasteiger partial charge in [0.1, 0.15) is 12.8 Å². The molecular formula is C23H29FN2O3. The fourth-order valence-corrected chi connectivity index (χ4v) is 3.58. The van der Waals surface area contributed by atoms with Crippen molar-refractivity contribution in [2.75, 3.05) is 20.3 Å². The van der Waals surface area contributed by atoms with E-state index in [9.17, 15) is 9.18 Å². The van der Waals surface area contributed by atoms with E-state index in [-0.39, 0.29) is 12.5 Å². The summed E-state index contributed by atoms with van der Waals surface area (Å²) >= 11 is 0. The van der Waals surface area contributed by atoms with Crippen LogP contribution in [0.2, 0.25) is 0 Å². The van der Waals surface area contributed by atoms with Crippen LogP contribution in [0.25, 0.3) is 0 Å². The lowest BCUT2D eigenvalue weighted by atomic mass is 9.97. The minimum absolute atomic E-state index is 0.0238. The first kappa shape index (κ1) is 21.1. The van der Waals surface area contributed by atoms with Crippen molar-refractivity contribution in [2.45, 2.75) is 46.1 Å². The lowest BCUT2D eigenvalue weighted by molar-refractivity contribution is -0.119. The number of methoxy groups -OCH3 is 1. The van der Waals surface area contributed by atoms with Crippen LogP contribution in [-0.2, 0) is 30.8 Å². The quantitative estimate of drug-likeness (QED) is 0.735. The molecule has 6 heteroatoms. The Morgan fingerprint density at radius 2 is 1.93 bits per heavy atom. The van der Waals surface area contributed by atoms with Gasteiger partial charge in [-0.3, -0.25) is 9.69 Å². The molecule has 1 heterocycles. The molecule has 0 radical (unpaired) electrons. The van der Waals surface area contributed by atoms with Crippen LogP contribution in [0.4, 0.5) is 4.39 Å². The minimum atomic E-state index is -1.02. The first-order chi connectivity index (χ1) is 14.0. The molecule has 1 N–H and O–H groups in total. The summed E-state index contributed by atoms with van der Waals surface area (Å²) < 4.78 is 24.3. The van der Waals surface area contributed by atoms with E-state index >= 15 is 0 Å². The third-order valence-electron chi connectivity index (χ3n) is 5.04. The lowest BCUT2D eigenvalue weighted by Gasteiger charge is -2.30. The molecule has 0 saturated heterocycles. The van der Waals surface area contributed by atoms with E-state index in [0.29, 0.717) is 12.3 Å². The van der Waals surface area contributed by atoms with Crippen LogP contribution in [0.5, 0.6) is 11.5 Å². The number of halogens is 1. The van der Waals surface area contributed by atoms with Gasteiger partial charge in [-0.25, -0.2) is 4.39 Å². The Morgan fingerprint density at radius 1 is 1.21 bits per heavy atom. The van der Waals surface area contributed by atoms with Gasteiger partial charge in [0.15, 0.2) is 11.5 Å². The number of carbonyl (C=O) groups excluding carboxylic acids is 1. The number of benzene rings is 2. The Balaban J connectivity index is 1.64. The second-order valence-electron chi connectivity index (χ2n) is 7.51. The zero-order valence-electron chi connectivity index (χ0n) is 17.3. The molecular weight excluding hydrogens is 371 g/mol. The number of fused-ring (bicyclic) bond motifs is 1. The average Bonchev–Trinajstić information content (AvgIpc) is 2.71. The van der Waals surface area contributed by atoms with Gasteiger partial charge in [-0.1, -0.05) is 30.3 Å². The summed E-state index contributed by atoms with van der Waals surface area (Å²) in [4.78, 5) is 13.4. The Morgan fingerprint density at radius 3 is 2.59 bits per heavy atom. The van der Waals surface area contributed by atoms with Crippen LogP contribution in [-0.4, -0.2) is 37.2 Å². The summed E-state index contributed by atoms with van der Waals surface area (Å²) in [5.74, 6) is 1.31. The summed E-state index contributed by atoms with van der Waals surface area (Å²) in [6, 6.07) is 12.3. The van der Waals surface area contributed by atoms with Crippen LogP contribution in [0.15, 0.2) is 36.4 Å². The number of hydrogen-bond acceptors (Lipinski definition) is 4. The molecule has 0 aromatic heterocycles. The second kappa shape index (κ2) is 9.74. The molecule has 156 valence electrons. The molecule has 1 aliphatic heterocycles. The van der Waals surface area contributed by atoms with Crippen molar-refractivity contribution in [3.05, 3.63) is 58.7 Å². The van der Waals surface area contributed by atoms with Crippen molar-refractivity contribution in [1.82, 2.24) is 10.2 Å². The zero-order chi connectivity index (χ0) is 20.8. The predicted molar refractivity (Wildman–Crippen MR) is 111 cm³/mol. The van der Waals surface area contributed by atoms with Crippen LogP contribution in [0.1, 0.15) is 36.1 Å². The van der Waals surface area contributed by atoms with Gasteiger partial charge < -0.3 is 14.8 Å². The van der Waals surface area contributed by atoms with Gasteiger partial charge in [0.2, 0.25) is 5.91 Å². The maximum atomic E-state index is 13.1. The fraction of sp³-hybridized carbons (Fsp3) is 0.435.